The normalized spacial score (nSPS) is 9.00. The molecule has 0 unspecified atom stereocenters. The molecule has 4 heteroatoms. The topological polar surface area (TPSA) is 62.7 Å². The van der Waals surface area contributed by atoms with Gasteiger partial charge < -0.3 is 5.73 Å². The number of hydrogen-bond acceptors (Lipinski definition) is 4. The average molecular weight is 165 g/mol. The number of hydrogen-bond donors (Lipinski definition) is 1. The van der Waals surface area contributed by atoms with Crippen LogP contribution in [0.1, 0.15) is 0 Å². The molecule has 2 N–H and O–H groups in total. The van der Waals surface area contributed by atoms with Gasteiger partial charge in [0.2, 0.25) is 0 Å². The van der Waals surface area contributed by atoms with Gasteiger partial charge >= 0.3 is 0 Å². The first kappa shape index (κ1) is 7.89. The predicted molar refractivity (Wildman–Crippen MR) is 45.0 cm³/mol. The Morgan fingerprint density at radius 1 is 1.73 bits per heavy atom. The number of anilines is 1. The standard InChI is InChI=1S/C7H7N3S/c8-2-4-11-7-1-3-10-5-6(7)9/h1,3,5H,4,9H2. The molecule has 3 nitrogen and oxygen atoms in total. The number of nitrogens with zero attached hydrogens (tertiary/aromatic N) is 2. The molecule has 1 rings (SSSR count). The van der Waals surface area contributed by atoms with E-state index in [4.69, 9.17) is 11.0 Å². The lowest BCUT2D eigenvalue weighted by atomic mass is 10.4. The molecule has 0 saturated heterocycles. The molecular formula is C7H7N3S. The molecule has 1 aromatic rings. The number of aromatic nitrogens is 1. The first-order valence-corrected chi connectivity index (χ1v) is 4.02. The van der Waals surface area contributed by atoms with E-state index < -0.39 is 0 Å². The molecule has 0 aliphatic carbocycles. The van der Waals surface area contributed by atoms with Gasteiger partial charge in [-0.15, -0.1) is 11.8 Å². The smallest absolute Gasteiger partial charge is 0.0856 e. The summed E-state index contributed by atoms with van der Waals surface area (Å²) in [7, 11) is 0. The van der Waals surface area contributed by atoms with Crippen LogP contribution in [0, 0.1) is 11.3 Å². The van der Waals surface area contributed by atoms with Gasteiger partial charge in [0.05, 0.1) is 23.7 Å². The SMILES string of the molecule is N#CCSc1ccncc1N. The molecule has 0 radical (unpaired) electrons. The van der Waals surface area contributed by atoms with Crippen LogP contribution < -0.4 is 5.73 Å². The van der Waals surface area contributed by atoms with Crippen LogP contribution in [0.25, 0.3) is 0 Å². The second kappa shape index (κ2) is 3.84. The van der Waals surface area contributed by atoms with E-state index in [-0.39, 0.29) is 0 Å². The largest absolute Gasteiger partial charge is 0.397 e. The molecule has 11 heavy (non-hydrogen) atoms. The number of nitrogens with two attached hydrogens (primary N) is 1. The van der Waals surface area contributed by atoms with E-state index in [0.717, 1.165) is 4.90 Å². The third kappa shape index (κ3) is 2.13. The summed E-state index contributed by atoms with van der Waals surface area (Å²) in [5.74, 6) is 0.425. The Hall–Kier alpha value is -1.21. The number of rotatable bonds is 2. The summed E-state index contributed by atoms with van der Waals surface area (Å²) in [6, 6.07) is 3.83. The molecular weight excluding hydrogens is 158 g/mol. The van der Waals surface area contributed by atoms with Gasteiger partial charge in [-0.25, -0.2) is 0 Å². The zero-order valence-electron chi connectivity index (χ0n) is 5.82. The minimum absolute atomic E-state index is 0.425. The van der Waals surface area contributed by atoms with Crippen molar-refractivity contribution in [1.82, 2.24) is 4.98 Å². The summed E-state index contributed by atoms with van der Waals surface area (Å²) in [5.41, 5.74) is 6.20. The lowest BCUT2D eigenvalue weighted by Gasteiger charge is -1.99. The fourth-order valence-electron chi connectivity index (χ4n) is 0.635. The summed E-state index contributed by atoms with van der Waals surface area (Å²) in [6.07, 6.45) is 3.25. The van der Waals surface area contributed by atoms with E-state index in [2.05, 4.69) is 4.98 Å². The molecule has 0 fully saturated rings. The number of nitrogen functional groups attached to an aromatic ring is 1. The second-order valence-corrected chi connectivity index (χ2v) is 2.88. The summed E-state index contributed by atoms with van der Waals surface area (Å²) in [5, 5.41) is 8.29. The van der Waals surface area contributed by atoms with Gasteiger partial charge in [0.25, 0.3) is 0 Å². The van der Waals surface area contributed by atoms with E-state index in [1.54, 1.807) is 18.5 Å². The summed E-state index contributed by atoms with van der Waals surface area (Å²) < 4.78 is 0. The lowest BCUT2D eigenvalue weighted by Crippen LogP contribution is -1.89. The van der Waals surface area contributed by atoms with Gasteiger partial charge in [-0.1, -0.05) is 0 Å². The molecule has 0 saturated carbocycles. The Kier molecular flexibility index (Phi) is 2.75. The molecule has 0 atom stereocenters. The first-order valence-electron chi connectivity index (χ1n) is 3.04. The highest BCUT2D eigenvalue weighted by molar-refractivity contribution is 7.99. The van der Waals surface area contributed by atoms with Crippen molar-refractivity contribution in [3.05, 3.63) is 18.5 Å². The van der Waals surface area contributed by atoms with Gasteiger partial charge in [0.1, 0.15) is 0 Å². The van der Waals surface area contributed by atoms with Crippen molar-refractivity contribution >= 4 is 17.4 Å². The quantitative estimate of drug-likeness (QED) is 0.670. The van der Waals surface area contributed by atoms with Crippen molar-refractivity contribution in [2.45, 2.75) is 4.90 Å². The van der Waals surface area contributed by atoms with Crippen molar-refractivity contribution in [2.75, 3.05) is 11.5 Å². The Bertz CT molecular complexity index is 279. The van der Waals surface area contributed by atoms with Crippen LogP contribution in [0.2, 0.25) is 0 Å². The van der Waals surface area contributed by atoms with Crippen molar-refractivity contribution in [3.8, 4) is 6.07 Å². The highest BCUT2D eigenvalue weighted by Crippen LogP contribution is 2.22. The maximum Gasteiger partial charge on any atom is 0.0856 e. The van der Waals surface area contributed by atoms with Crippen LogP contribution >= 0.6 is 11.8 Å². The van der Waals surface area contributed by atoms with Crippen LogP contribution in [0.3, 0.4) is 0 Å². The summed E-state index contributed by atoms with van der Waals surface area (Å²) >= 11 is 1.42. The molecule has 1 aromatic heterocycles. The maximum absolute atomic E-state index is 8.29. The van der Waals surface area contributed by atoms with Crippen LogP contribution in [0.5, 0.6) is 0 Å². The monoisotopic (exact) mass is 165 g/mol. The minimum Gasteiger partial charge on any atom is -0.397 e. The third-order valence-corrected chi connectivity index (χ3v) is 2.06. The second-order valence-electron chi connectivity index (χ2n) is 1.86. The molecule has 0 aliphatic rings. The molecule has 1 heterocycles. The number of pyridine rings is 1. The van der Waals surface area contributed by atoms with Gasteiger partial charge in [-0.05, 0) is 6.07 Å². The summed E-state index contributed by atoms with van der Waals surface area (Å²) in [6.45, 7) is 0. The molecule has 0 bridgehead atoms. The van der Waals surface area contributed by atoms with Gasteiger partial charge in [0.15, 0.2) is 0 Å². The predicted octanol–water partition coefficient (Wildman–Crippen LogP) is 1.28. The zero-order valence-corrected chi connectivity index (χ0v) is 6.64. The highest BCUT2D eigenvalue weighted by atomic mass is 32.2. The van der Waals surface area contributed by atoms with E-state index in [1.165, 1.54) is 11.8 Å². The Morgan fingerprint density at radius 2 is 2.55 bits per heavy atom. The minimum atomic E-state index is 0.425. The Morgan fingerprint density at radius 3 is 3.18 bits per heavy atom. The van der Waals surface area contributed by atoms with Gasteiger partial charge in [0, 0.05) is 11.1 Å². The van der Waals surface area contributed by atoms with Crippen LogP contribution in [-0.2, 0) is 0 Å². The van der Waals surface area contributed by atoms with Crippen LogP contribution in [-0.4, -0.2) is 10.7 Å². The third-order valence-electron chi connectivity index (χ3n) is 1.10. The lowest BCUT2D eigenvalue weighted by molar-refractivity contribution is 1.27. The molecule has 0 spiro atoms. The maximum atomic E-state index is 8.29. The molecule has 56 valence electrons. The number of thioether (sulfide) groups is 1. The van der Waals surface area contributed by atoms with Crippen molar-refractivity contribution in [3.63, 3.8) is 0 Å². The Labute approximate surface area is 69.2 Å². The molecule has 0 aliphatic heterocycles. The van der Waals surface area contributed by atoms with Crippen molar-refractivity contribution in [2.24, 2.45) is 0 Å². The van der Waals surface area contributed by atoms with Crippen molar-refractivity contribution in [1.29, 1.82) is 5.26 Å². The molecule has 0 amide bonds. The van der Waals surface area contributed by atoms with Crippen molar-refractivity contribution < 1.29 is 0 Å². The van der Waals surface area contributed by atoms with Gasteiger partial charge in [-0.3, -0.25) is 4.98 Å². The molecule has 0 aromatic carbocycles. The average Bonchev–Trinajstić information content (AvgIpc) is 2.03. The summed E-state index contributed by atoms with van der Waals surface area (Å²) in [4.78, 5) is 4.75. The van der Waals surface area contributed by atoms with E-state index in [9.17, 15) is 0 Å². The van der Waals surface area contributed by atoms with E-state index in [0.29, 0.717) is 11.4 Å². The first-order chi connectivity index (χ1) is 5.34. The zero-order chi connectivity index (χ0) is 8.10. The van der Waals surface area contributed by atoms with Crippen LogP contribution in [0.4, 0.5) is 5.69 Å². The number of nitriles is 1. The fraction of sp³-hybridized carbons (Fsp3) is 0.143. The highest BCUT2D eigenvalue weighted by Gasteiger charge is 1.96. The Balaban J connectivity index is 2.71. The van der Waals surface area contributed by atoms with Gasteiger partial charge in [-0.2, -0.15) is 5.26 Å². The van der Waals surface area contributed by atoms with E-state index >= 15 is 0 Å². The fourth-order valence-corrected chi connectivity index (χ4v) is 1.23. The van der Waals surface area contributed by atoms with E-state index in [1.807, 2.05) is 6.07 Å². The van der Waals surface area contributed by atoms with Crippen LogP contribution in [0.15, 0.2) is 23.4 Å².